The van der Waals surface area contributed by atoms with E-state index in [1.54, 1.807) is 6.92 Å². The summed E-state index contributed by atoms with van der Waals surface area (Å²) >= 11 is 0. The van der Waals surface area contributed by atoms with E-state index in [0.717, 1.165) is 11.1 Å². The maximum Gasteiger partial charge on any atom is 0.407 e. The number of carbonyl (C=O) groups is 2. The van der Waals surface area contributed by atoms with Crippen LogP contribution in [-0.4, -0.2) is 25.2 Å². The maximum atomic E-state index is 12.1. The standard InChI is InChI=1S/C19H21NO4/c1-2-23-18(21)17(16-11-7-4-8-12-16)13-20-19(22)24-14-15-9-5-3-6-10-15/h3-12,17H,2,13-14H2,1H3,(H,20,22)/t17-/m0/s1. The van der Waals surface area contributed by atoms with Gasteiger partial charge in [-0.1, -0.05) is 60.7 Å². The summed E-state index contributed by atoms with van der Waals surface area (Å²) in [5.74, 6) is -0.928. The Morgan fingerprint density at radius 3 is 2.21 bits per heavy atom. The predicted octanol–water partition coefficient (Wildman–Crippen LogP) is 3.26. The van der Waals surface area contributed by atoms with E-state index in [1.165, 1.54) is 0 Å². The predicted molar refractivity (Wildman–Crippen MR) is 90.4 cm³/mol. The van der Waals surface area contributed by atoms with Crippen molar-refractivity contribution in [1.29, 1.82) is 0 Å². The Labute approximate surface area is 141 Å². The minimum Gasteiger partial charge on any atom is -0.465 e. The Morgan fingerprint density at radius 1 is 0.958 bits per heavy atom. The minimum atomic E-state index is -0.566. The monoisotopic (exact) mass is 327 g/mol. The normalized spacial score (nSPS) is 11.4. The van der Waals surface area contributed by atoms with Crippen LogP contribution < -0.4 is 5.32 Å². The summed E-state index contributed by atoms with van der Waals surface area (Å²) < 4.78 is 10.2. The van der Waals surface area contributed by atoms with Crippen LogP contribution >= 0.6 is 0 Å². The van der Waals surface area contributed by atoms with Crippen molar-refractivity contribution in [3.63, 3.8) is 0 Å². The Morgan fingerprint density at radius 2 is 1.58 bits per heavy atom. The number of ether oxygens (including phenoxy) is 2. The fraction of sp³-hybridized carbons (Fsp3) is 0.263. The number of amides is 1. The summed E-state index contributed by atoms with van der Waals surface area (Å²) in [4.78, 5) is 24.0. The molecule has 2 aromatic rings. The zero-order valence-corrected chi connectivity index (χ0v) is 13.6. The second kappa shape index (κ2) is 9.35. The molecule has 0 radical (unpaired) electrons. The van der Waals surface area contributed by atoms with Gasteiger partial charge in [-0.15, -0.1) is 0 Å². The molecule has 0 aliphatic carbocycles. The Hall–Kier alpha value is -2.82. The SMILES string of the molecule is CCOC(=O)[C@@H](CNC(=O)OCc1ccccc1)c1ccccc1. The van der Waals surface area contributed by atoms with Crippen molar-refractivity contribution in [2.24, 2.45) is 0 Å². The zero-order chi connectivity index (χ0) is 17.2. The Balaban J connectivity index is 1.90. The minimum absolute atomic E-state index is 0.121. The quantitative estimate of drug-likeness (QED) is 0.793. The molecule has 2 rings (SSSR count). The molecule has 0 heterocycles. The molecule has 0 spiro atoms. The summed E-state index contributed by atoms with van der Waals surface area (Å²) in [5.41, 5.74) is 1.69. The van der Waals surface area contributed by atoms with Crippen LogP contribution in [0.4, 0.5) is 4.79 Å². The molecule has 126 valence electrons. The van der Waals surface area contributed by atoms with Crippen LogP contribution in [0.3, 0.4) is 0 Å². The smallest absolute Gasteiger partial charge is 0.407 e. The molecule has 0 aromatic heterocycles. The highest BCUT2D eigenvalue weighted by Gasteiger charge is 2.22. The Bertz CT molecular complexity index is 643. The molecule has 2 aromatic carbocycles. The average molecular weight is 327 g/mol. The topological polar surface area (TPSA) is 64.6 Å². The second-order valence-electron chi connectivity index (χ2n) is 5.16. The lowest BCUT2D eigenvalue weighted by Crippen LogP contribution is -2.33. The highest BCUT2D eigenvalue weighted by molar-refractivity contribution is 5.79. The molecule has 5 nitrogen and oxygen atoms in total. The van der Waals surface area contributed by atoms with E-state index in [2.05, 4.69) is 5.32 Å². The van der Waals surface area contributed by atoms with Crippen LogP contribution in [0.15, 0.2) is 60.7 Å². The van der Waals surface area contributed by atoms with Crippen molar-refractivity contribution >= 4 is 12.1 Å². The molecule has 1 atom stereocenters. The molecular formula is C19H21NO4. The number of alkyl carbamates (subject to hydrolysis) is 1. The number of hydrogen-bond acceptors (Lipinski definition) is 4. The third-order valence-corrected chi connectivity index (χ3v) is 3.44. The first-order valence-corrected chi connectivity index (χ1v) is 7.87. The van der Waals surface area contributed by atoms with Gasteiger partial charge in [0.2, 0.25) is 0 Å². The fourth-order valence-corrected chi connectivity index (χ4v) is 2.23. The van der Waals surface area contributed by atoms with Crippen molar-refractivity contribution in [2.45, 2.75) is 19.4 Å². The summed E-state index contributed by atoms with van der Waals surface area (Å²) in [6.07, 6.45) is -0.566. The molecule has 0 saturated carbocycles. The van der Waals surface area contributed by atoms with Gasteiger partial charge in [0.25, 0.3) is 0 Å². The molecule has 0 fully saturated rings. The van der Waals surface area contributed by atoms with Crippen LogP contribution in [0.5, 0.6) is 0 Å². The van der Waals surface area contributed by atoms with Crippen molar-refractivity contribution < 1.29 is 19.1 Å². The first-order valence-electron chi connectivity index (χ1n) is 7.87. The number of rotatable bonds is 7. The first-order chi connectivity index (χ1) is 11.7. The van der Waals surface area contributed by atoms with E-state index < -0.39 is 12.0 Å². The van der Waals surface area contributed by atoms with E-state index in [-0.39, 0.29) is 19.1 Å². The van der Waals surface area contributed by atoms with Gasteiger partial charge in [0, 0.05) is 6.54 Å². The average Bonchev–Trinajstić information content (AvgIpc) is 2.62. The summed E-state index contributed by atoms with van der Waals surface area (Å²) in [7, 11) is 0. The summed E-state index contributed by atoms with van der Waals surface area (Å²) in [6.45, 7) is 2.35. The third kappa shape index (κ3) is 5.43. The summed E-state index contributed by atoms with van der Waals surface area (Å²) in [5, 5.41) is 2.63. The molecule has 0 aliphatic rings. The second-order valence-corrected chi connectivity index (χ2v) is 5.16. The lowest BCUT2D eigenvalue weighted by molar-refractivity contribution is -0.144. The van der Waals surface area contributed by atoms with Gasteiger partial charge in [-0.05, 0) is 18.1 Å². The Kier molecular flexibility index (Phi) is 6.83. The van der Waals surface area contributed by atoms with E-state index in [0.29, 0.717) is 6.61 Å². The molecule has 0 bridgehead atoms. The van der Waals surface area contributed by atoms with Gasteiger partial charge in [0.15, 0.2) is 0 Å². The van der Waals surface area contributed by atoms with Crippen LogP contribution in [0.2, 0.25) is 0 Å². The molecule has 5 heteroatoms. The molecule has 1 amide bonds. The van der Waals surface area contributed by atoms with E-state index in [1.807, 2.05) is 60.7 Å². The fourth-order valence-electron chi connectivity index (χ4n) is 2.23. The van der Waals surface area contributed by atoms with Crippen LogP contribution in [0, 0.1) is 0 Å². The van der Waals surface area contributed by atoms with Gasteiger partial charge in [0.1, 0.15) is 6.61 Å². The highest BCUT2D eigenvalue weighted by atomic mass is 16.5. The molecule has 0 aliphatic heterocycles. The van der Waals surface area contributed by atoms with Gasteiger partial charge in [0.05, 0.1) is 12.5 Å². The number of nitrogens with one attached hydrogen (secondary N) is 1. The number of esters is 1. The molecule has 0 saturated heterocycles. The van der Waals surface area contributed by atoms with Crippen molar-refractivity contribution in [2.75, 3.05) is 13.2 Å². The van der Waals surface area contributed by atoms with Gasteiger partial charge >= 0.3 is 12.1 Å². The van der Waals surface area contributed by atoms with E-state index in [4.69, 9.17) is 9.47 Å². The third-order valence-electron chi connectivity index (χ3n) is 3.44. The number of carbonyl (C=O) groups excluding carboxylic acids is 2. The summed E-state index contributed by atoms with van der Waals surface area (Å²) in [6, 6.07) is 18.6. The molecule has 1 N–H and O–H groups in total. The van der Waals surface area contributed by atoms with Crippen molar-refractivity contribution in [1.82, 2.24) is 5.32 Å². The first kappa shape index (κ1) is 17.5. The van der Waals surface area contributed by atoms with Gasteiger partial charge in [-0.3, -0.25) is 4.79 Å². The molecule has 0 unspecified atom stereocenters. The van der Waals surface area contributed by atoms with Crippen molar-refractivity contribution in [3.05, 3.63) is 71.8 Å². The van der Waals surface area contributed by atoms with Gasteiger partial charge < -0.3 is 14.8 Å². The molecular weight excluding hydrogens is 306 g/mol. The largest absolute Gasteiger partial charge is 0.465 e. The van der Waals surface area contributed by atoms with Crippen LogP contribution in [0.1, 0.15) is 24.0 Å². The lowest BCUT2D eigenvalue weighted by atomic mass is 9.99. The van der Waals surface area contributed by atoms with Crippen LogP contribution in [-0.2, 0) is 20.9 Å². The van der Waals surface area contributed by atoms with Gasteiger partial charge in [-0.2, -0.15) is 0 Å². The zero-order valence-electron chi connectivity index (χ0n) is 13.6. The van der Waals surface area contributed by atoms with Gasteiger partial charge in [-0.25, -0.2) is 4.79 Å². The number of benzene rings is 2. The molecule has 24 heavy (non-hydrogen) atoms. The van der Waals surface area contributed by atoms with E-state index >= 15 is 0 Å². The van der Waals surface area contributed by atoms with E-state index in [9.17, 15) is 9.59 Å². The number of hydrogen-bond donors (Lipinski definition) is 1. The highest BCUT2D eigenvalue weighted by Crippen LogP contribution is 2.16. The van der Waals surface area contributed by atoms with Crippen molar-refractivity contribution in [3.8, 4) is 0 Å². The van der Waals surface area contributed by atoms with Crippen LogP contribution in [0.25, 0.3) is 0 Å². The lowest BCUT2D eigenvalue weighted by Gasteiger charge is -2.16. The maximum absolute atomic E-state index is 12.1.